The quantitative estimate of drug-likeness (QED) is 0.915. The number of aryl methyl sites for hydroxylation is 1. The van der Waals surface area contributed by atoms with Crippen molar-refractivity contribution in [1.82, 2.24) is 0 Å². The average molecular weight is 346 g/mol. The molecule has 0 unspecified atom stereocenters. The number of amides is 1. The molecular formula is C13H16BrNO3S. The molecule has 1 saturated heterocycles. The molecule has 1 aliphatic rings. The predicted octanol–water partition coefficient (Wildman–Crippen LogP) is 2.52. The number of carbonyl (C=O) groups excluding carboxylic acids is 1. The Bertz CT molecular complexity index is 598. The van der Waals surface area contributed by atoms with Crippen LogP contribution in [0.4, 0.5) is 5.69 Å². The van der Waals surface area contributed by atoms with Crippen LogP contribution in [0.15, 0.2) is 22.7 Å². The third kappa shape index (κ3) is 4.04. The molecule has 1 aromatic rings. The molecule has 2 rings (SSSR count). The molecule has 1 atom stereocenters. The van der Waals surface area contributed by atoms with Crippen molar-refractivity contribution in [2.75, 3.05) is 16.8 Å². The largest absolute Gasteiger partial charge is 0.326 e. The van der Waals surface area contributed by atoms with E-state index in [1.165, 1.54) is 0 Å². The number of nitrogens with one attached hydrogen (secondary N) is 1. The van der Waals surface area contributed by atoms with Gasteiger partial charge in [-0.15, -0.1) is 0 Å². The first-order chi connectivity index (χ1) is 8.85. The van der Waals surface area contributed by atoms with Crippen molar-refractivity contribution in [3.63, 3.8) is 0 Å². The van der Waals surface area contributed by atoms with Crippen LogP contribution in [0.1, 0.15) is 18.4 Å². The first-order valence-corrected chi connectivity index (χ1v) is 8.73. The molecule has 0 aliphatic carbocycles. The Kier molecular flexibility index (Phi) is 4.30. The SMILES string of the molecule is Cc1cc(Br)ccc1NC(=O)C[C@@H]1CCS(=O)(=O)C1. The molecule has 104 valence electrons. The molecule has 1 amide bonds. The second kappa shape index (κ2) is 5.63. The van der Waals surface area contributed by atoms with E-state index in [0.717, 1.165) is 15.7 Å². The third-order valence-electron chi connectivity index (χ3n) is 3.26. The molecule has 1 heterocycles. The Morgan fingerprint density at radius 1 is 1.47 bits per heavy atom. The zero-order valence-electron chi connectivity index (χ0n) is 10.6. The van der Waals surface area contributed by atoms with Crippen LogP contribution in [0.2, 0.25) is 0 Å². The maximum atomic E-state index is 11.9. The van der Waals surface area contributed by atoms with Crippen LogP contribution < -0.4 is 5.32 Å². The lowest BCUT2D eigenvalue weighted by Crippen LogP contribution is -2.17. The van der Waals surface area contributed by atoms with Gasteiger partial charge < -0.3 is 5.32 Å². The van der Waals surface area contributed by atoms with Gasteiger partial charge in [0.05, 0.1) is 11.5 Å². The summed E-state index contributed by atoms with van der Waals surface area (Å²) in [4.78, 5) is 11.9. The molecule has 0 saturated carbocycles. The number of benzene rings is 1. The first kappa shape index (κ1) is 14.5. The van der Waals surface area contributed by atoms with Gasteiger partial charge >= 0.3 is 0 Å². The monoisotopic (exact) mass is 345 g/mol. The van der Waals surface area contributed by atoms with E-state index in [4.69, 9.17) is 0 Å². The van der Waals surface area contributed by atoms with Crippen LogP contribution >= 0.6 is 15.9 Å². The number of rotatable bonds is 3. The molecule has 6 heteroatoms. The molecular weight excluding hydrogens is 330 g/mol. The molecule has 0 bridgehead atoms. The van der Waals surface area contributed by atoms with Crippen LogP contribution in [-0.4, -0.2) is 25.8 Å². The minimum Gasteiger partial charge on any atom is -0.326 e. The van der Waals surface area contributed by atoms with E-state index < -0.39 is 9.84 Å². The number of halogens is 1. The van der Waals surface area contributed by atoms with Crippen molar-refractivity contribution in [2.24, 2.45) is 5.92 Å². The summed E-state index contributed by atoms with van der Waals surface area (Å²) in [5.74, 6) is 0.190. The van der Waals surface area contributed by atoms with Gasteiger partial charge in [0.15, 0.2) is 9.84 Å². The second-order valence-electron chi connectivity index (χ2n) is 4.98. The minimum atomic E-state index is -2.91. The number of sulfone groups is 1. The smallest absolute Gasteiger partial charge is 0.224 e. The maximum absolute atomic E-state index is 11.9. The van der Waals surface area contributed by atoms with Crippen LogP contribution in [-0.2, 0) is 14.6 Å². The summed E-state index contributed by atoms with van der Waals surface area (Å²) in [6.07, 6.45) is 0.865. The minimum absolute atomic E-state index is 0.0410. The summed E-state index contributed by atoms with van der Waals surface area (Å²) >= 11 is 3.37. The Morgan fingerprint density at radius 3 is 2.79 bits per heavy atom. The van der Waals surface area contributed by atoms with Crippen molar-refractivity contribution in [2.45, 2.75) is 19.8 Å². The highest BCUT2D eigenvalue weighted by Gasteiger charge is 2.29. The molecule has 1 N–H and O–H groups in total. The summed E-state index contributed by atoms with van der Waals surface area (Å²) in [6.45, 7) is 1.92. The van der Waals surface area contributed by atoms with Gasteiger partial charge in [-0.2, -0.15) is 0 Å². The van der Waals surface area contributed by atoms with Gasteiger partial charge in [0.1, 0.15) is 0 Å². The van der Waals surface area contributed by atoms with Gasteiger partial charge in [-0.3, -0.25) is 4.79 Å². The highest BCUT2D eigenvalue weighted by atomic mass is 79.9. The topological polar surface area (TPSA) is 63.2 Å². The van der Waals surface area contributed by atoms with E-state index in [1.54, 1.807) is 0 Å². The van der Waals surface area contributed by atoms with Gasteiger partial charge in [-0.25, -0.2) is 8.42 Å². The van der Waals surface area contributed by atoms with Crippen LogP contribution in [0, 0.1) is 12.8 Å². The summed E-state index contributed by atoms with van der Waals surface area (Å²) in [6, 6.07) is 5.63. The zero-order chi connectivity index (χ0) is 14.0. The molecule has 19 heavy (non-hydrogen) atoms. The van der Waals surface area contributed by atoms with Crippen molar-refractivity contribution in [1.29, 1.82) is 0 Å². The lowest BCUT2D eigenvalue weighted by molar-refractivity contribution is -0.116. The lowest BCUT2D eigenvalue weighted by atomic mass is 10.0. The molecule has 1 aromatic carbocycles. The number of hydrogen-bond donors (Lipinski definition) is 1. The lowest BCUT2D eigenvalue weighted by Gasteiger charge is -2.11. The highest BCUT2D eigenvalue weighted by molar-refractivity contribution is 9.10. The fourth-order valence-corrected chi connectivity index (χ4v) is 4.60. The van der Waals surface area contributed by atoms with Crippen molar-refractivity contribution >= 4 is 37.4 Å². The van der Waals surface area contributed by atoms with Crippen molar-refractivity contribution < 1.29 is 13.2 Å². The molecule has 0 aromatic heterocycles. The molecule has 1 aliphatic heterocycles. The van der Waals surface area contributed by atoms with Gasteiger partial charge in [0.25, 0.3) is 0 Å². The van der Waals surface area contributed by atoms with E-state index in [-0.39, 0.29) is 29.8 Å². The fraction of sp³-hybridized carbons (Fsp3) is 0.462. The van der Waals surface area contributed by atoms with E-state index in [2.05, 4.69) is 21.2 Å². The summed E-state index contributed by atoms with van der Waals surface area (Å²) in [7, 11) is -2.91. The summed E-state index contributed by atoms with van der Waals surface area (Å²) in [5.41, 5.74) is 1.75. The van der Waals surface area contributed by atoms with Gasteiger partial charge in [-0.05, 0) is 43.0 Å². The Labute approximate surface area is 121 Å². The Balaban J connectivity index is 1.95. The second-order valence-corrected chi connectivity index (χ2v) is 8.13. The van der Waals surface area contributed by atoms with Crippen LogP contribution in [0.25, 0.3) is 0 Å². The standard InChI is InChI=1S/C13H16BrNO3S/c1-9-6-11(14)2-3-12(9)15-13(16)7-10-4-5-19(17,18)8-10/h2-3,6,10H,4-5,7-8H2,1H3,(H,15,16)/t10-/m0/s1. The van der Waals surface area contributed by atoms with E-state index in [0.29, 0.717) is 6.42 Å². The third-order valence-corrected chi connectivity index (χ3v) is 5.59. The average Bonchev–Trinajstić information content (AvgIpc) is 2.62. The van der Waals surface area contributed by atoms with Gasteiger partial charge in [0.2, 0.25) is 5.91 Å². The number of anilines is 1. The van der Waals surface area contributed by atoms with E-state index in [9.17, 15) is 13.2 Å². The Hall–Kier alpha value is -0.880. The van der Waals surface area contributed by atoms with Gasteiger partial charge in [0, 0.05) is 16.6 Å². The van der Waals surface area contributed by atoms with Crippen molar-refractivity contribution in [3.8, 4) is 0 Å². The molecule has 0 radical (unpaired) electrons. The maximum Gasteiger partial charge on any atom is 0.224 e. The summed E-state index contributed by atoms with van der Waals surface area (Å²) in [5, 5.41) is 2.84. The van der Waals surface area contributed by atoms with Gasteiger partial charge in [-0.1, -0.05) is 15.9 Å². The summed E-state index contributed by atoms with van der Waals surface area (Å²) < 4.78 is 23.6. The van der Waals surface area contributed by atoms with Crippen LogP contribution in [0.3, 0.4) is 0 Å². The first-order valence-electron chi connectivity index (χ1n) is 6.12. The molecule has 1 fully saturated rings. The molecule has 0 spiro atoms. The van der Waals surface area contributed by atoms with E-state index >= 15 is 0 Å². The fourth-order valence-electron chi connectivity index (χ4n) is 2.26. The Morgan fingerprint density at radius 2 is 2.21 bits per heavy atom. The number of carbonyl (C=O) groups is 1. The normalized spacial score (nSPS) is 21.3. The number of hydrogen-bond acceptors (Lipinski definition) is 3. The van der Waals surface area contributed by atoms with Crippen molar-refractivity contribution in [3.05, 3.63) is 28.2 Å². The van der Waals surface area contributed by atoms with Crippen LogP contribution in [0.5, 0.6) is 0 Å². The zero-order valence-corrected chi connectivity index (χ0v) is 13.1. The van der Waals surface area contributed by atoms with E-state index in [1.807, 2.05) is 25.1 Å². The molecule has 4 nitrogen and oxygen atoms in total. The highest BCUT2D eigenvalue weighted by Crippen LogP contribution is 2.24. The predicted molar refractivity (Wildman–Crippen MR) is 78.9 cm³/mol.